The summed E-state index contributed by atoms with van der Waals surface area (Å²) in [6.45, 7) is 2.16. The van der Waals surface area contributed by atoms with Gasteiger partial charge < -0.3 is 5.32 Å². The van der Waals surface area contributed by atoms with Gasteiger partial charge in [-0.3, -0.25) is 0 Å². The molecule has 1 aliphatic heterocycles. The molecule has 0 radical (unpaired) electrons. The van der Waals surface area contributed by atoms with Crippen LogP contribution in [-0.4, -0.2) is 15.0 Å². The molecule has 2 aliphatic rings. The summed E-state index contributed by atoms with van der Waals surface area (Å²) in [6.07, 6.45) is 4.78. The van der Waals surface area contributed by atoms with Gasteiger partial charge in [0.15, 0.2) is 0 Å². The Kier molecular flexibility index (Phi) is 3.60. The van der Waals surface area contributed by atoms with E-state index in [9.17, 15) is 8.42 Å². The molecule has 0 unspecified atom stereocenters. The zero-order valence-corrected chi connectivity index (χ0v) is 11.8. The van der Waals surface area contributed by atoms with E-state index in [0.29, 0.717) is 11.4 Å². The molecule has 1 fully saturated rings. The molecule has 0 aromatic heterocycles. The van der Waals surface area contributed by atoms with Crippen LogP contribution < -0.4 is 10.0 Å². The highest BCUT2D eigenvalue weighted by atomic mass is 32.2. The number of hydrogen-bond acceptors (Lipinski definition) is 3. The summed E-state index contributed by atoms with van der Waals surface area (Å²) in [7, 11) is -3.34. The summed E-state index contributed by atoms with van der Waals surface area (Å²) in [5, 5.41) is 3.22. The van der Waals surface area contributed by atoms with Gasteiger partial charge in [0.1, 0.15) is 0 Å². The van der Waals surface area contributed by atoms with Crippen LogP contribution in [0.5, 0.6) is 0 Å². The van der Waals surface area contributed by atoms with Crippen LogP contribution in [0, 0.1) is 5.92 Å². The van der Waals surface area contributed by atoms with Gasteiger partial charge in [-0.2, -0.15) is 0 Å². The van der Waals surface area contributed by atoms with Crippen LogP contribution in [0.15, 0.2) is 23.1 Å². The standard InChI is InChI=1S/C14H20N2O2S/c17-19(18,16-7-6-11-2-1-3-11)14-5-4-12-9-15-10-13(12)8-14/h4-5,8,11,15-16H,1-3,6-7,9-10H2. The van der Waals surface area contributed by atoms with Gasteiger partial charge >= 0.3 is 0 Å². The molecule has 5 heteroatoms. The molecule has 19 heavy (non-hydrogen) atoms. The third-order valence-electron chi connectivity index (χ3n) is 4.19. The fourth-order valence-corrected chi connectivity index (χ4v) is 3.80. The highest BCUT2D eigenvalue weighted by Gasteiger charge is 2.20. The average Bonchev–Trinajstić information content (AvgIpc) is 2.79. The predicted molar refractivity (Wildman–Crippen MR) is 74.1 cm³/mol. The zero-order valence-electron chi connectivity index (χ0n) is 11.0. The van der Waals surface area contributed by atoms with Crippen molar-refractivity contribution < 1.29 is 8.42 Å². The van der Waals surface area contributed by atoms with Crippen LogP contribution in [0.25, 0.3) is 0 Å². The lowest BCUT2D eigenvalue weighted by Crippen LogP contribution is -2.27. The number of hydrogen-bond donors (Lipinski definition) is 2. The predicted octanol–water partition coefficient (Wildman–Crippen LogP) is 1.76. The Labute approximate surface area is 114 Å². The molecule has 3 rings (SSSR count). The van der Waals surface area contributed by atoms with Gasteiger partial charge in [0, 0.05) is 19.6 Å². The fraction of sp³-hybridized carbons (Fsp3) is 0.571. The van der Waals surface area contributed by atoms with Gasteiger partial charge in [0.05, 0.1) is 4.90 Å². The Balaban J connectivity index is 1.65. The molecular weight excluding hydrogens is 260 g/mol. The smallest absolute Gasteiger partial charge is 0.240 e. The maximum absolute atomic E-state index is 12.2. The molecule has 0 saturated heterocycles. The van der Waals surface area contributed by atoms with E-state index in [1.807, 2.05) is 6.07 Å². The number of nitrogens with one attached hydrogen (secondary N) is 2. The second kappa shape index (κ2) is 5.23. The van der Waals surface area contributed by atoms with Gasteiger partial charge in [-0.25, -0.2) is 13.1 Å². The van der Waals surface area contributed by atoms with Gasteiger partial charge in [-0.15, -0.1) is 0 Å². The minimum atomic E-state index is -3.34. The lowest BCUT2D eigenvalue weighted by atomic mass is 9.83. The molecule has 104 valence electrons. The van der Waals surface area contributed by atoms with E-state index in [1.165, 1.54) is 24.8 Å². The summed E-state index contributed by atoms with van der Waals surface area (Å²) in [5.74, 6) is 0.729. The first-order chi connectivity index (χ1) is 9.15. The molecule has 1 heterocycles. The fourth-order valence-electron chi connectivity index (χ4n) is 2.70. The molecule has 1 aliphatic carbocycles. The number of sulfonamides is 1. The van der Waals surface area contributed by atoms with E-state index in [0.717, 1.165) is 31.0 Å². The van der Waals surface area contributed by atoms with Crippen molar-refractivity contribution in [3.05, 3.63) is 29.3 Å². The summed E-state index contributed by atoms with van der Waals surface area (Å²) >= 11 is 0. The van der Waals surface area contributed by atoms with Gasteiger partial charge in [0.2, 0.25) is 10.0 Å². The van der Waals surface area contributed by atoms with Crippen LogP contribution >= 0.6 is 0 Å². The molecule has 4 nitrogen and oxygen atoms in total. The topological polar surface area (TPSA) is 58.2 Å². The van der Waals surface area contributed by atoms with Crippen molar-refractivity contribution in [2.75, 3.05) is 6.54 Å². The lowest BCUT2D eigenvalue weighted by molar-refractivity contribution is 0.297. The molecule has 0 bridgehead atoms. The molecule has 1 aromatic rings. The van der Waals surface area contributed by atoms with E-state index in [2.05, 4.69) is 10.0 Å². The second-order valence-electron chi connectivity index (χ2n) is 5.52. The Morgan fingerprint density at radius 3 is 2.74 bits per heavy atom. The number of benzene rings is 1. The van der Waals surface area contributed by atoms with Crippen LogP contribution in [0.3, 0.4) is 0 Å². The first-order valence-corrected chi connectivity index (χ1v) is 8.46. The first kappa shape index (κ1) is 13.1. The monoisotopic (exact) mass is 280 g/mol. The normalized spacial score (nSPS) is 19.2. The zero-order chi connectivity index (χ0) is 13.3. The van der Waals surface area contributed by atoms with Gasteiger partial charge in [-0.05, 0) is 35.6 Å². The van der Waals surface area contributed by atoms with Gasteiger partial charge in [-0.1, -0.05) is 25.3 Å². The molecule has 0 spiro atoms. The second-order valence-corrected chi connectivity index (χ2v) is 7.28. The lowest BCUT2D eigenvalue weighted by Gasteiger charge is -2.25. The van der Waals surface area contributed by atoms with Crippen LogP contribution in [0.4, 0.5) is 0 Å². The molecule has 0 atom stereocenters. The third-order valence-corrected chi connectivity index (χ3v) is 5.65. The average molecular weight is 280 g/mol. The molecule has 0 amide bonds. The van der Waals surface area contributed by atoms with E-state index in [1.54, 1.807) is 12.1 Å². The van der Waals surface area contributed by atoms with Crippen molar-refractivity contribution in [1.29, 1.82) is 0 Å². The maximum Gasteiger partial charge on any atom is 0.240 e. The van der Waals surface area contributed by atoms with E-state index in [4.69, 9.17) is 0 Å². The summed E-state index contributed by atoms with van der Waals surface area (Å²) in [4.78, 5) is 0.392. The number of fused-ring (bicyclic) bond motifs is 1. The quantitative estimate of drug-likeness (QED) is 0.864. The summed E-state index contributed by atoms with van der Waals surface area (Å²) in [5.41, 5.74) is 2.30. The van der Waals surface area contributed by atoms with E-state index < -0.39 is 10.0 Å². The van der Waals surface area contributed by atoms with Gasteiger partial charge in [0.25, 0.3) is 0 Å². The molecule has 1 aromatic carbocycles. The summed E-state index contributed by atoms with van der Waals surface area (Å²) < 4.78 is 27.1. The van der Waals surface area contributed by atoms with Crippen molar-refractivity contribution in [1.82, 2.24) is 10.0 Å². The molecule has 2 N–H and O–H groups in total. The van der Waals surface area contributed by atoms with E-state index >= 15 is 0 Å². The third kappa shape index (κ3) is 2.83. The molecule has 1 saturated carbocycles. The van der Waals surface area contributed by atoms with Crippen molar-refractivity contribution >= 4 is 10.0 Å². The maximum atomic E-state index is 12.2. The minimum absolute atomic E-state index is 0.392. The van der Waals surface area contributed by atoms with Crippen LogP contribution in [0.2, 0.25) is 0 Å². The minimum Gasteiger partial charge on any atom is -0.309 e. The van der Waals surface area contributed by atoms with Crippen molar-refractivity contribution in [3.8, 4) is 0 Å². The highest BCUT2D eigenvalue weighted by Crippen LogP contribution is 2.29. The van der Waals surface area contributed by atoms with Crippen LogP contribution in [0.1, 0.15) is 36.8 Å². The summed E-state index contributed by atoms with van der Waals surface area (Å²) in [6, 6.07) is 5.41. The SMILES string of the molecule is O=S(=O)(NCCC1CCC1)c1ccc2c(c1)CNC2. The Bertz CT molecular complexity index is 565. The highest BCUT2D eigenvalue weighted by molar-refractivity contribution is 7.89. The van der Waals surface area contributed by atoms with Crippen molar-refractivity contribution in [3.63, 3.8) is 0 Å². The molecular formula is C14H20N2O2S. The Hall–Kier alpha value is -0.910. The Morgan fingerprint density at radius 1 is 1.21 bits per heavy atom. The van der Waals surface area contributed by atoms with Crippen molar-refractivity contribution in [2.24, 2.45) is 5.92 Å². The van der Waals surface area contributed by atoms with E-state index in [-0.39, 0.29) is 0 Å². The largest absolute Gasteiger partial charge is 0.309 e. The van der Waals surface area contributed by atoms with Crippen LogP contribution in [-0.2, 0) is 23.1 Å². The Morgan fingerprint density at radius 2 is 2.00 bits per heavy atom. The first-order valence-electron chi connectivity index (χ1n) is 6.97. The van der Waals surface area contributed by atoms with Crippen molar-refractivity contribution in [2.45, 2.75) is 43.7 Å². The number of rotatable bonds is 5.